The number of hydrogen-bond donors (Lipinski definition) is 2. The van der Waals surface area contributed by atoms with Crippen molar-refractivity contribution in [3.63, 3.8) is 0 Å². The molecule has 0 saturated carbocycles. The molecule has 1 amide bonds. The summed E-state index contributed by atoms with van der Waals surface area (Å²) < 4.78 is 0. The Morgan fingerprint density at radius 1 is 1.53 bits per heavy atom. The van der Waals surface area contributed by atoms with Crippen LogP contribution in [-0.2, 0) is 4.79 Å². The van der Waals surface area contributed by atoms with Crippen molar-refractivity contribution in [1.29, 1.82) is 5.26 Å². The number of carbonyl (C=O) groups is 1. The molecule has 0 unspecified atom stereocenters. The summed E-state index contributed by atoms with van der Waals surface area (Å²) in [6, 6.07) is 7.19. The minimum absolute atomic E-state index is 0.0261. The number of amides is 1. The third kappa shape index (κ3) is 4.82. The van der Waals surface area contributed by atoms with E-state index in [9.17, 15) is 4.79 Å². The van der Waals surface area contributed by atoms with Gasteiger partial charge in [0.05, 0.1) is 0 Å². The van der Waals surface area contributed by atoms with Crippen LogP contribution in [0.3, 0.4) is 0 Å². The van der Waals surface area contributed by atoms with Crippen molar-refractivity contribution >= 4 is 34.8 Å². The van der Waals surface area contributed by atoms with E-state index in [4.69, 9.17) is 28.5 Å². The molecule has 1 aromatic carbocycles. The number of nitrogens with one attached hydrogen (secondary N) is 2. The zero-order valence-electron chi connectivity index (χ0n) is 10.3. The number of anilines is 1. The molecule has 0 heterocycles. The largest absolute Gasteiger partial charge is 0.360 e. The van der Waals surface area contributed by atoms with Gasteiger partial charge >= 0.3 is 0 Å². The normalized spacial score (nSPS) is 10.7. The molecule has 0 fully saturated rings. The van der Waals surface area contributed by atoms with Gasteiger partial charge < -0.3 is 10.6 Å². The molecule has 0 bridgehead atoms. The minimum Gasteiger partial charge on any atom is -0.360 e. The van der Waals surface area contributed by atoms with Crippen molar-refractivity contribution < 1.29 is 4.79 Å². The lowest BCUT2D eigenvalue weighted by Crippen LogP contribution is -2.26. The zero-order chi connectivity index (χ0) is 14.3. The molecule has 1 aromatic rings. The van der Waals surface area contributed by atoms with Gasteiger partial charge in [0.15, 0.2) is 0 Å². The molecular weight excluding hydrogens is 285 g/mol. The Balaban J connectivity index is 2.74. The molecule has 100 valence electrons. The average molecular weight is 298 g/mol. The van der Waals surface area contributed by atoms with E-state index in [2.05, 4.69) is 10.6 Å². The molecule has 4 nitrogen and oxygen atoms in total. The fourth-order valence-electron chi connectivity index (χ4n) is 1.24. The van der Waals surface area contributed by atoms with Gasteiger partial charge in [0.2, 0.25) is 0 Å². The van der Waals surface area contributed by atoms with Crippen LogP contribution in [0.5, 0.6) is 0 Å². The Morgan fingerprint density at radius 2 is 2.26 bits per heavy atom. The fraction of sp³-hybridized carbons (Fsp3) is 0.231. The topological polar surface area (TPSA) is 64.9 Å². The van der Waals surface area contributed by atoms with Gasteiger partial charge in [-0.3, -0.25) is 4.79 Å². The molecule has 1 rings (SSSR count). The van der Waals surface area contributed by atoms with Crippen LogP contribution in [0.15, 0.2) is 30.0 Å². The summed E-state index contributed by atoms with van der Waals surface area (Å²) in [5.74, 6) is -0.167. The molecule has 6 heteroatoms. The van der Waals surface area contributed by atoms with E-state index in [1.54, 1.807) is 6.07 Å². The second kappa shape index (κ2) is 7.67. The maximum atomic E-state index is 11.5. The lowest BCUT2D eigenvalue weighted by molar-refractivity contribution is -0.117. The van der Waals surface area contributed by atoms with Crippen LogP contribution in [0.2, 0.25) is 5.02 Å². The summed E-state index contributed by atoms with van der Waals surface area (Å²) >= 11 is 11.4. The maximum absolute atomic E-state index is 11.5. The van der Waals surface area contributed by atoms with Crippen molar-refractivity contribution in [2.24, 2.45) is 0 Å². The van der Waals surface area contributed by atoms with Crippen LogP contribution in [-0.4, -0.2) is 18.3 Å². The van der Waals surface area contributed by atoms with Gasteiger partial charge in [-0.05, 0) is 24.6 Å². The summed E-state index contributed by atoms with van der Waals surface area (Å²) in [5, 5.41) is 14.9. The lowest BCUT2D eigenvalue weighted by Gasteiger charge is -2.05. The Hall–Kier alpha value is -1.70. The van der Waals surface area contributed by atoms with Gasteiger partial charge in [0.1, 0.15) is 11.6 Å². The zero-order valence-corrected chi connectivity index (χ0v) is 11.8. The number of rotatable bonds is 5. The highest BCUT2D eigenvalue weighted by Crippen LogP contribution is 2.20. The van der Waals surface area contributed by atoms with Crippen LogP contribution in [0.25, 0.3) is 0 Å². The second-order valence-corrected chi connectivity index (χ2v) is 4.51. The number of aryl methyl sites for hydroxylation is 1. The molecule has 0 aromatic heterocycles. The number of nitriles is 1. The first-order chi connectivity index (χ1) is 9.08. The van der Waals surface area contributed by atoms with Crippen molar-refractivity contribution in [3.05, 3.63) is 40.6 Å². The molecule has 0 saturated heterocycles. The van der Waals surface area contributed by atoms with Crippen LogP contribution in [0.1, 0.15) is 5.56 Å². The second-order valence-electron chi connectivity index (χ2n) is 3.72. The number of hydrogen-bond acceptors (Lipinski definition) is 3. The predicted octanol–water partition coefficient (Wildman–Crippen LogP) is 2.82. The summed E-state index contributed by atoms with van der Waals surface area (Å²) in [4.78, 5) is 11.5. The minimum atomic E-state index is -0.464. The number of carbonyl (C=O) groups excluding carboxylic acids is 1. The van der Waals surface area contributed by atoms with Crippen molar-refractivity contribution in [2.45, 2.75) is 6.92 Å². The van der Waals surface area contributed by atoms with Gasteiger partial charge in [-0.15, -0.1) is 11.6 Å². The monoisotopic (exact) mass is 297 g/mol. The van der Waals surface area contributed by atoms with Gasteiger partial charge in [-0.2, -0.15) is 5.26 Å². The first kappa shape index (κ1) is 15.4. The Labute approximate surface area is 122 Å². The van der Waals surface area contributed by atoms with Crippen LogP contribution in [0.4, 0.5) is 5.69 Å². The van der Waals surface area contributed by atoms with Gasteiger partial charge in [-0.1, -0.05) is 17.7 Å². The third-order valence-electron chi connectivity index (χ3n) is 2.30. The predicted molar refractivity (Wildman–Crippen MR) is 77.2 cm³/mol. The molecule has 2 N–H and O–H groups in total. The first-order valence-corrected chi connectivity index (χ1v) is 6.47. The van der Waals surface area contributed by atoms with E-state index >= 15 is 0 Å². The summed E-state index contributed by atoms with van der Waals surface area (Å²) in [6.07, 6.45) is 1.34. The van der Waals surface area contributed by atoms with E-state index < -0.39 is 5.91 Å². The average Bonchev–Trinajstić information content (AvgIpc) is 2.41. The lowest BCUT2D eigenvalue weighted by atomic mass is 10.2. The Kier molecular flexibility index (Phi) is 6.20. The van der Waals surface area contributed by atoms with E-state index in [1.807, 2.05) is 25.1 Å². The Bertz CT molecular complexity index is 535. The van der Waals surface area contributed by atoms with Crippen molar-refractivity contribution in [3.8, 4) is 6.07 Å². The van der Waals surface area contributed by atoms with Crippen molar-refractivity contribution in [1.82, 2.24) is 5.32 Å². The van der Waals surface area contributed by atoms with E-state index in [0.29, 0.717) is 23.1 Å². The van der Waals surface area contributed by atoms with E-state index in [0.717, 1.165) is 5.56 Å². The van der Waals surface area contributed by atoms with Gasteiger partial charge in [0.25, 0.3) is 5.91 Å². The molecular formula is C13H13Cl2N3O. The maximum Gasteiger partial charge on any atom is 0.263 e. The molecule has 0 atom stereocenters. The van der Waals surface area contributed by atoms with Crippen LogP contribution >= 0.6 is 23.2 Å². The number of benzene rings is 1. The van der Waals surface area contributed by atoms with Gasteiger partial charge in [-0.25, -0.2) is 0 Å². The standard InChI is InChI=1S/C13H13Cl2N3O/c1-9-2-3-11(6-12(9)15)18-8-10(7-16)13(19)17-5-4-14/h2-3,6,8,18H,4-5H2,1H3,(H,17,19)/b10-8-. The van der Waals surface area contributed by atoms with Gasteiger partial charge in [0, 0.05) is 29.3 Å². The fourth-order valence-corrected chi connectivity index (χ4v) is 1.52. The van der Waals surface area contributed by atoms with E-state index in [-0.39, 0.29) is 5.57 Å². The third-order valence-corrected chi connectivity index (χ3v) is 2.90. The number of halogens is 2. The van der Waals surface area contributed by atoms with E-state index in [1.165, 1.54) is 6.20 Å². The number of nitrogens with zero attached hydrogens (tertiary/aromatic N) is 1. The summed E-state index contributed by atoms with van der Waals surface area (Å²) in [5.41, 5.74) is 1.63. The molecule has 0 aliphatic carbocycles. The molecule has 0 radical (unpaired) electrons. The van der Waals surface area contributed by atoms with Crippen LogP contribution < -0.4 is 10.6 Å². The Morgan fingerprint density at radius 3 is 2.84 bits per heavy atom. The molecule has 0 aliphatic heterocycles. The summed E-state index contributed by atoms with van der Waals surface area (Å²) in [6.45, 7) is 2.21. The highest BCUT2D eigenvalue weighted by Gasteiger charge is 2.07. The quantitative estimate of drug-likeness (QED) is 0.499. The molecule has 19 heavy (non-hydrogen) atoms. The van der Waals surface area contributed by atoms with Crippen LogP contribution in [0, 0.1) is 18.3 Å². The first-order valence-electron chi connectivity index (χ1n) is 5.55. The molecule has 0 spiro atoms. The highest BCUT2D eigenvalue weighted by molar-refractivity contribution is 6.31. The van der Waals surface area contributed by atoms with Crippen molar-refractivity contribution in [2.75, 3.05) is 17.7 Å². The number of alkyl halides is 1. The smallest absolute Gasteiger partial charge is 0.263 e. The highest BCUT2D eigenvalue weighted by atomic mass is 35.5. The summed E-state index contributed by atoms with van der Waals surface area (Å²) in [7, 11) is 0. The molecule has 0 aliphatic rings. The SMILES string of the molecule is Cc1ccc(N/C=C(/C#N)C(=O)NCCCl)cc1Cl.